The van der Waals surface area contributed by atoms with Gasteiger partial charge in [0, 0.05) is 30.2 Å². The van der Waals surface area contributed by atoms with Gasteiger partial charge in [0.2, 0.25) is 0 Å². The van der Waals surface area contributed by atoms with E-state index in [2.05, 4.69) is 20.3 Å². The van der Waals surface area contributed by atoms with Crippen molar-refractivity contribution in [1.29, 1.82) is 0 Å². The summed E-state index contributed by atoms with van der Waals surface area (Å²) in [6.07, 6.45) is 7.48. The van der Waals surface area contributed by atoms with E-state index in [-0.39, 0.29) is 17.8 Å². The molecule has 29 heavy (non-hydrogen) atoms. The van der Waals surface area contributed by atoms with Gasteiger partial charge in [0.1, 0.15) is 11.5 Å². The van der Waals surface area contributed by atoms with Crippen molar-refractivity contribution in [3.63, 3.8) is 0 Å². The van der Waals surface area contributed by atoms with E-state index in [0.717, 1.165) is 22.1 Å². The van der Waals surface area contributed by atoms with Crippen molar-refractivity contribution in [2.75, 3.05) is 0 Å². The van der Waals surface area contributed by atoms with Crippen molar-refractivity contribution < 1.29 is 9.18 Å². The first kappa shape index (κ1) is 18.7. The average molecular weight is 386 g/mol. The van der Waals surface area contributed by atoms with Crippen LogP contribution in [0.3, 0.4) is 0 Å². The van der Waals surface area contributed by atoms with Crippen LogP contribution >= 0.6 is 0 Å². The van der Waals surface area contributed by atoms with E-state index in [4.69, 9.17) is 0 Å². The summed E-state index contributed by atoms with van der Waals surface area (Å²) in [7, 11) is 0. The summed E-state index contributed by atoms with van der Waals surface area (Å²) in [5.74, 6) is -0.586. The van der Waals surface area contributed by atoms with Gasteiger partial charge in [0.25, 0.3) is 5.91 Å². The Morgan fingerprint density at radius 1 is 1.03 bits per heavy atom. The van der Waals surface area contributed by atoms with Gasteiger partial charge in [-0.25, -0.2) is 9.37 Å². The first-order valence-corrected chi connectivity index (χ1v) is 9.37. The number of carbonyl (C=O) groups excluding carboxylic acids is 1. The third kappa shape index (κ3) is 3.96. The molecule has 6 heteroatoms. The first-order valence-electron chi connectivity index (χ1n) is 9.37. The van der Waals surface area contributed by atoms with Crippen molar-refractivity contribution in [1.82, 2.24) is 20.3 Å². The van der Waals surface area contributed by atoms with E-state index in [0.29, 0.717) is 17.6 Å². The summed E-state index contributed by atoms with van der Waals surface area (Å²) in [4.78, 5) is 25.8. The van der Waals surface area contributed by atoms with Gasteiger partial charge >= 0.3 is 0 Å². The number of fused-ring (bicyclic) bond motifs is 1. The second-order valence-corrected chi connectivity index (χ2v) is 6.67. The molecule has 0 unspecified atom stereocenters. The second-order valence-electron chi connectivity index (χ2n) is 6.67. The summed E-state index contributed by atoms with van der Waals surface area (Å²) in [5, 5.41) is 3.87. The lowest BCUT2D eigenvalue weighted by Gasteiger charge is -2.18. The van der Waals surface area contributed by atoms with E-state index in [1.807, 2.05) is 19.1 Å². The Balaban J connectivity index is 1.71. The molecule has 0 aliphatic carbocycles. The Labute approximate surface area is 167 Å². The third-order valence-electron chi connectivity index (χ3n) is 4.82. The molecular weight excluding hydrogens is 367 g/mol. The Hall–Kier alpha value is -3.67. The Kier molecular flexibility index (Phi) is 5.24. The zero-order valence-corrected chi connectivity index (χ0v) is 15.8. The highest BCUT2D eigenvalue weighted by molar-refractivity contribution is 6.01. The molecular formula is C23H19FN4O. The minimum absolute atomic E-state index is 0.234. The molecule has 4 rings (SSSR count). The van der Waals surface area contributed by atoms with E-state index in [1.54, 1.807) is 49.1 Å². The second kappa shape index (κ2) is 8.14. The number of nitrogens with zero attached hydrogens (tertiary/aromatic N) is 3. The molecule has 0 radical (unpaired) electrons. The molecule has 3 aromatic heterocycles. The normalized spacial score (nSPS) is 11.9. The molecule has 1 atom stereocenters. The van der Waals surface area contributed by atoms with Crippen LogP contribution in [0.1, 0.15) is 35.4 Å². The van der Waals surface area contributed by atoms with Gasteiger partial charge in [-0.1, -0.05) is 19.1 Å². The minimum atomic E-state index is -0.304. The molecule has 3 heterocycles. The zero-order chi connectivity index (χ0) is 20.2. The molecule has 5 nitrogen and oxygen atoms in total. The molecule has 0 bridgehead atoms. The number of pyridine rings is 3. The lowest BCUT2D eigenvalue weighted by atomic mass is 10.0. The fourth-order valence-corrected chi connectivity index (χ4v) is 3.30. The maximum atomic E-state index is 13.2. The molecule has 1 amide bonds. The van der Waals surface area contributed by atoms with Gasteiger partial charge in [0.15, 0.2) is 0 Å². The summed E-state index contributed by atoms with van der Waals surface area (Å²) in [6.45, 7) is 1.97. The number of carbonyl (C=O) groups is 1. The monoisotopic (exact) mass is 386 g/mol. The number of hydrogen-bond acceptors (Lipinski definition) is 4. The molecule has 0 aliphatic heterocycles. The third-order valence-corrected chi connectivity index (χ3v) is 4.82. The summed E-state index contributed by atoms with van der Waals surface area (Å²) >= 11 is 0. The molecule has 1 aromatic carbocycles. The lowest BCUT2D eigenvalue weighted by molar-refractivity contribution is 0.0931. The van der Waals surface area contributed by atoms with Crippen molar-refractivity contribution >= 4 is 16.8 Å². The van der Waals surface area contributed by atoms with Crippen LogP contribution in [-0.2, 0) is 0 Å². The van der Waals surface area contributed by atoms with Crippen LogP contribution in [0.5, 0.6) is 0 Å². The molecule has 4 aromatic rings. The Bertz CT molecular complexity index is 1150. The SMILES string of the molecule is CC[C@@H](NC(=O)c1cc(-c2ccncc2)c2cnccc2n1)c1ccc(F)cc1. The summed E-state index contributed by atoms with van der Waals surface area (Å²) in [6, 6.07) is 13.3. The van der Waals surface area contributed by atoms with Crippen LogP contribution in [0.2, 0.25) is 0 Å². The number of hydrogen-bond donors (Lipinski definition) is 1. The van der Waals surface area contributed by atoms with Crippen molar-refractivity contribution in [2.24, 2.45) is 0 Å². The predicted octanol–water partition coefficient (Wildman–Crippen LogP) is 4.71. The maximum Gasteiger partial charge on any atom is 0.270 e. The van der Waals surface area contributed by atoms with Crippen LogP contribution in [0.15, 0.2) is 73.3 Å². The van der Waals surface area contributed by atoms with E-state index >= 15 is 0 Å². The average Bonchev–Trinajstić information content (AvgIpc) is 2.78. The van der Waals surface area contributed by atoms with Crippen LogP contribution in [0, 0.1) is 5.82 Å². The molecule has 0 saturated heterocycles. The molecule has 144 valence electrons. The molecule has 1 N–H and O–H groups in total. The van der Waals surface area contributed by atoms with Gasteiger partial charge in [-0.05, 0) is 59.5 Å². The fraction of sp³-hybridized carbons (Fsp3) is 0.130. The zero-order valence-electron chi connectivity index (χ0n) is 15.8. The van der Waals surface area contributed by atoms with Gasteiger partial charge in [-0.15, -0.1) is 0 Å². The topological polar surface area (TPSA) is 67.8 Å². The Morgan fingerprint density at radius 2 is 1.76 bits per heavy atom. The van der Waals surface area contributed by atoms with E-state index in [9.17, 15) is 9.18 Å². The number of benzene rings is 1. The van der Waals surface area contributed by atoms with E-state index < -0.39 is 0 Å². The standard InChI is InChI=1S/C23H19FN4O/c1-2-20(16-3-5-17(24)6-4-16)28-23(29)22-13-18(15-7-10-25-11-8-15)19-14-26-12-9-21(19)27-22/h3-14,20H,2H2,1H3,(H,28,29)/t20-/m1/s1. The van der Waals surface area contributed by atoms with Gasteiger partial charge in [-0.3, -0.25) is 14.8 Å². The minimum Gasteiger partial charge on any atom is -0.344 e. The molecule has 0 aliphatic rings. The quantitative estimate of drug-likeness (QED) is 0.539. The maximum absolute atomic E-state index is 13.2. The van der Waals surface area contributed by atoms with E-state index in [1.165, 1.54) is 12.1 Å². The largest absolute Gasteiger partial charge is 0.344 e. The van der Waals surface area contributed by atoms with Crippen molar-refractivity contribution in [3.05, 3.63) is 90.4 Å². The summed E-state index contributed by atoms with van der Waals surface area (Å²) in [5.41, 5.74) is 3.65. The number of rotatable bonds is 5. The van der Waals surface area contributed by atoms with Crippen LogP contribution in [0.4, 0.5) is 4.39 Å². The number of halogens is 1. The van der Waals surface area contributed by atoms with Crippen molar-refractivity contribution in [3.8, 4) is 11.1 Å². The highest BCUT2D eigenvalue weighted by atomic mass is 19.1. The highest BCUT2D eigenvalue weighted by Gasteiger charge is 2.18. The van der Waals surface area contributed by atoms with Crippen LogP contribution < -0.4 is 5.32 Å². The van der Waals surface area contributed by atoms with Gasteiger partial charge in [-0.2, -0.15) is 0 Å². The molecule has 0 fully saturated rings. The van der Waals surface area contributed by atoms with Gasteiger partial charge < -0.3 is 5.32 Å². The number of nitrogens with one attached hydrogen (secondary N) is 1. The lowest BCUT2D eigenvalue weighted by Crippen LogP contribution is -2.29. The smallest absolute Gasteiger partial charge is 0.270 e. The number of aromatic nitrogens is 3. The highest BCUT2D eigenvalue weighted by Crippen LogP contribution is 2.28. The summed E-state index contributed by atoms with van der Waals surface area (Å²) < 4.78 is 13.2. The Morgan fingerprint density at radius 3 is 2.48 bits per heavy atom. The van der Waals surface area contributed by atoms with Gasteiger partial charge in [0.05, 0.1) is 11.6 Å². The van der Waals surface area contributed by atoms with Crippen molar-refractivity contribution in [2.45, 2.75) is 19.4 Å². The first-order chi connectivity index (χ1) is 14.2. The van der Waals surface area contributed by atoms with Crippen LogP contribution in [0.25, 0.3) is 22.0 Å². The van der Waals surface area contributed by atoms with Crippen LogP contribution in [-0.4, -0.2) is 20.9 Å². The fourth-order valence-electron chi connectivity index (χ4n) is 3.30. The number of amides is 1. The molecule has 0 spiro atoms. The predicted molar refractivity (Wildman–Crippen MR) is 110 cm³/mol. The molecule has 0 saturated carbocycles.